The Morgan fingerprint density at radius 2 is 2.25 bits per heavy atom. The van der Waals surface area contributed by atoms with E-state index >= 15 is 0 Å². The van der Waals surface area contributed by atoms with Crippen molar-refractivity contribution in [1.82, 2.24) is 9.97 Å². The van der Waals surface area contributed by atoms with Gasteiger partial charge >= 0.3 is 6.18 Å². The number of anilines is 1. The fourth-order valence-corrected chi connectivity index (χ4v) is 2.38. The van der Waals surface area contributed by atoms with E-state index in [1.165, 1.54) is 12.0 Å². The molecule has 1 aliphatic rings. The lowest BCUT2D eigenvalue weighted by Gasteiger charge is -2.24. The Labute approximate surface area is 118 Å². The molecule has 1 aromatic heterocycles. The van der Waals surface area contributed by atoms with E-state index in [0.29, 0.717) is 6.42 Å². The van der Waals surface area contributed by atoms with Crippen LogP contribution in [-0.2, 0) is 10.9 Å². The van der Waals surface area contributed by atoms with Crippen LogP contribution in [0.25, 0.3) is 0 Å². The van der Waals surface area contributed by atoms with Crippen LogP contribution >= 0.6 is 11.6 Å². The Morgan fingerprint density at radius 3 is 2.85 bits per heavy atom. The lowest BCUT2D eigenvalue weighted by Crippen LogP contribution is -2.34. The van der Waals surface area contributed by atoms with Crippen LogP contribution in [0, 0.1) is 0 Å². The first-order valence-electron chi connectivity index (χ1n) is 5.86. The number of aliphatic hydroxyl groups excluding tert-OH is 1. The zero-order valence-corrected chi connectivity index (χ0v) is 11.3. The second-order valence-electron chi connectivity index (χ2n) is 4.52. The molecule has 2 rings (SSSR count). The summed E-state index contributed by atoms with van der Waals surface area (Å²) in [4.78, 5) is 8.80. The van der Waals surface area contributed by atoms with E-state index in [-0.39, 0.29) is 25.1 Å². The van der Waals surface area contributed by atoms with Crippen molar-refractivity contribution in [3.63, 3.8) is 0 Å². The van der Waals surface area contributed by atoms with Gasteiger partial charge in [-0.05, 0) is 6.42 Å². The third-order valence-electron chi connectivity index (χ3n) is 3.01. The van der Waals surface area contributed by atoms with Gasteiger partial charge in [0.2, 0.25) is 5.95 Å². The molecule has 2 unspecified atom stereocenters. The minimum Gasteiger partial charge on any atom is -0.391 e. The van der Waals surface area contributed by atoms with Gasteiger partial charge in [0, 0.05) is 13.7 Å². The molecule has 1 fully saturated rings. The maximum Gasteiger partial charge on any atom is 0.435 e. The van der Waals surface area contributed by atoms with Gasteiger partial charge in [0.25, 0.3) is 0 Å². The van der Waals surface area contributed by atoms with Crippen LogP contribution in [0.1, 0.15) is 12.1 Å². The number of rotatable bonds is 3. The zero-order chi connectivity index (χ0) is 14.9. The van der Waals surface area contributed by atoms with Crippen molar-refractivity contribution in [2.45, 2.75) is 24.7 Å². The van der Waals surface area contributed by atoms with Gasteiger partial charge in [-0.2, -0.15) is 13.2 Å². The number of nitrogens with zero attached hydrogens (tertiary/aromatic N) is 3. The van der Waals surface area contributed by atoms with E-state index in [1.54, 1.807) is 0 Å². The number of aromatic nitrogens is 2. The molecule has 112 valence electrons. The Bertz CT molecular complexity index is 486. The third kappa shape index (κ3) is 3.13. The molecule has 5 nitrogen and oxygen atoms in total. The number of alkyl halides is 3. The Kier molecular flexibility index (Phi) is 4.36. The molecule has 0 saturated carbocycles. The highest BCUT2D eigenvalue weighted by molar-refractivity contribution is 6.31. The van der Waals surface area contributed by atoms with E-state index < -0.39 is 23.0 Å². The average Bonchev–Trinajstić information content (AvgIpc) is 2.70. The number of hydrogen-bond acceptors (Lipinski definition) is 5. The van der Waals surface area contributed by atoms with Crippen LogP contribution in [0.15, 0.2) is 6.20 Å². The van der Waals surface area contributed by atoms with E-state index in [1.807, 2.05) is 0 Å². The molecule has 1 aromatic rings. The summed E-state index contributed by atoms with van der Waals surface area (Å²) in [7, 11) is 1.48. The molecule has 0 radical (unpaired) electrons. The molecule has 0 bridgehead atoms. The average molecular weight is 312 g/mol. The van der Waals surface area contributed by atoms with Gasteiger partial charge in [-0.3, -0.25) is 0 Å². The lowest BCUT2D eigenvalue weighted by molar-refractivity contribution is -0.141. The van der Waals surface area contributed by atoms with Crippen LogP contribution in [0.4, 0.5) is 19.1 Å². The van der Waals surface area contributed by atoms with Crippen molar-refractivity contribution >= 4 is 17.5 Å². The monoisotopic (exact) mass is 311 g/mol. The number of methoxy groups -OCH3 is 1. The molecule has 0 amide bonds. The fourth-order valence-electron chi connectivity index (χ4n) is 2.18. The summed E-state index contributed by atoms with van der Waals surface area (Å²) in [6.45, 7) is 0.428. The van der Waals surface area contributed by atoms with Gasteiger partial charge in [-0.15, -0.1) is 0 Å². The lowest BCUT2D eigenvalue weighted by atomic mass is 10.2. The molecule has 20 heavy (non-hydrogen) atoms. The maximum atomic E-state index is 12.8. The molecule has 0 spiro atoms. The Balaban J connectivity index is 2.33. The summed E-state index contributed by atoms with van der Waals surface area (Å²) >= 11 is 5.48. The molecule has 2 heterocycles. The van der Waals surface area contributed by atoms with Crippen molar-refractivity contribution in [3.8, 4) is 0 Å². The van der Waals surface area contributed by atoms with Crippen molar-refractivity contribution in [1.29, 1.82) is 0 Å². The Morgan fingerprint density at radius 1 is 1.55 bits per heavy atom. The molecule has 1 saturated heterocycles. The maximum absolute atomic E-state index is 12.8. The first kappa shape index (κ1) is 15.3. The highest BCUT2D eigenvalue weighted by Gasteiger charge is 2.38. The quantitative estimate of drug-likeness (QED) is 0.921. The molecule has 0 aromatic carbocycles. The minimum atomic E-state index is -4.65. The molecular formula is C11H13ClF3N3O2. The zero-order valence-electron chi connectivity index (χ0n) is 10.6. The smallest absolute Gasteiger partial charge is 0.391 e. The van der Waals surface area contributed by atoms with E-state index in [9.17, 15) is 18.3 Å². The van der Waals surface area contributed by atoms with Crippen molar-refractivity contribution in [2.75, 3.05) is 25.2 Å². The molecule has 2 atom stereocenters. The second kappa shape index (κ2) is 5.71. The normalized spacial score (nSPS) is 23.4. The first-order chi connectivity index (χ1) is 9.32. The first-order valence-corrected chi connectivity index (χ1v) is 6.24. The summed E-state index contributed by atoms with van der Waals surface area (Å²) < 4.78 is 43.3. The van der Waals surface area contributed by atoms with Crippen LogP contribution in [-0.4, -0.2) is 47.5 Å². The number of β-amino-alcohol motifs (C(OH)–C–C–N with tert-alkyl or cyclic N) is 1. The van der Waals surface area contributed by atoms with Crippen LogP contribution < -0.4 is 4.90 Å². The molecular weight excluding hydrogens is 299 g/mol. The van der Waals surface area contributed by atoms with Gasteiger partial charge in [-0.1, -0.05) is 11.6 Å². The predicted octanol–water partition coefficient (Wildman–Crippen LogP) is 1.73. The highest BCUT2D eigenvalue weighted by atomic mass is 35.5. The van der Waals surface area contributed by atoms with Crippen LogP contribution in [0.2, 0.25) is 5.02 Å². The van der Waals surface area contributed by atoms with Crippen molar-refractivity contribution in [3.05, 3.63) is 16.9 Å². The number of halogens is 4. The summed E-state index contributed by atoms with van der Waals surface area (Å²) in [6.07, 6.45) is -3.99. The fraction of sp³-hybridized carbons (Fsp3) is 0.636. The van der Waals surface area contributed by atoms with Crippen LogP contribution in [0.5, 0.6) is 0 Å². The van der Waals surface area contributed by atoms with Gasteiger partial charge in [0.15, 0.2) is 5.69 Å². The largest absolute Gasteiger partial charge is 0.435 e. The van der Waals surface area contributed by atoms with Gasteiger partial charge in [0.1, 0.15) is 0 Å². The number of ether oxygens (including phenoxy) is 1. The molecule has 0 aliphatic carbocycles. The van der Waals surface area contributed by atoms with E-state index in [0.717, 1.165) is 6.20 Å². The molecule has 1 aliphatic heterocycles. The van der Waals surface area contributed by atoms with E-state index in [2.05, 4.69) is 9.97 Å². The van der Waals surface area contributed by atoms with Gasteiger partial charge < -0.3 is 14.7 Å². The standard InChI is InChI=1S/C11H13ClF3N3O2/c1-20-5-6-2-7(19)4-18(6)10-16-3-8(12)9(17-10)11(13,14)15/h3,6-7,19H,2,4-5H2,1H3. The molecule has 1 N–H and O–H groups in total. The summed E-state index contributed by atoms with van der Waals surface area (Å²) in [5.74, 6) is -0.111. The summed E-state index contributed by atoms with van der Waals surface area (Å²) in [5.41, 5.74) is -1.18. The molecule has 9 heteroatoms. The number of hydrogen-bond donors (Lipinski definition) is 1. The topological polar surface area (TPSA) is 58.5 Å². The number of aliphatic hydroxyl groups is 1. The Hall–Kier alpha value is -1.12. The SMILES string of the molecule is COCC1CC(O)CN1c1ncc(Cl)c(C(F)(F)F)n1. The van der Waals surface area contributed by atoms with Crippen molar-refractivity contribution in [2.24, 2.45) is 0 Å². The van der Waals surface area contributed by atoms with Gasteiger partial charge in [-0.25, -0.2) is 9.97 Å². The third-order valence-corrected chi connectivity index (χ3v) is 3.28. The second-order valence-corrected chi connectivity index (χ2v) is 4.92. The van der Waals surface area contributed by atoms with E-state index in [4.69, 9.17) is 16.3 Å². The summed E-state index contributed by atoms with van der Waals surface area (Å²) in [5, 5.41) is 9.09. The van der Waals surface area contributed by atoms with Crippen molar-refractivity contribution < 1.29 is 23.0 Å². The minimum absolute atomic E-state index is 0.111. The predicted molar refractivity (Wildman–Crippen MR) is 65.7 cm³/mol. The highest BCUT2D eigenvalue weighted by Crippen LogP contribution is 2.34. The van der Waals surface area contributed by atoms with Crippen LogP contribution in [0.3, 0.4) is 0 Å². The summed E-state index contributed by atoms with van der Waals surface area (Å²) in [6, 6.07) is -0.266. The van der Waals surface area contributed by atoms with Gasteiger partial charge in [0.05, 0.1) is 30.0 Å².